The van der Waals surface area contributed by atoms with Crippen LogP contribution in [0.4, 0.5) is 0 Å². The monoisotopic (exact) mass is 162 g/mol. The van der Waals surface area contributed by atoms with Crippen LogP contribution in [-0.4, -0.2) is 15.5 Å². The van der Waals surface area contributed by atoms with Crippen LogP contribution in [0.1, 0.15) is 24.6 Å². The second-order valence-electron chi connectivity index (χ2n) is 2.29. The zero-order valence-corrected chi connectivity index (χ0v) is 6.95. The summed E-state index contributed by atoms with van der Waals surface area (Å²) in [6, 6.07) is 0. The van der Waals surface area contributed by atoms with Crippen molar-refractivity contribution in [3.63, 3.8) is 0 Å². The van der Waals surface area contributed by atoms with Crippen LogP contribution in [0.15, 0.2) is 18.7 Å². The summed E-state index contributed by atoms with van der Waals surface area (Å²) in [6.45, 7) is 1.77. The van der Waals surface area contributed by atoms with Gasteiger partial charge < -0.3 is 0 Å². The predicted octanol–water partition coefficient (Wildman–Crippen LogP) is 1.33. The molecule has 1 aromatic rings. The molecule has 0 aliphatic heterocycles. The summed E-state index contributed by atoms with van der Waals surface area (Å²) in [5.74, 6) is 5.62. The Balaban J connectivity index is 2.43. The van der Waals surface area contributed by atoms with Crippen molar-refractivity contribution < 1.29 is 4.79 Å². The molecule has 1 aromatic heterocycles. The molecule has 0 spiro atoms. The van der Waals surface area contributed by atoms with E-state index in [0.717, 1.165) is 0 Å². The van der Waals surface area contributed by atoms with Crippen LogP contribution in [0.2, 0.25) is 0 Å². The first-order valence-electron chi connectivity index (χ1n) is 3.75. The molecule has 0 amide bonds. The minimum atomic E-state index is 0.0373. The van der Waals surface area contributed by atoms with Crippen molar-refractivity contribution >= 4 is 5.91 Å². The van der Waals surface area contributed by atoms with Gasteiger partial charge in [0, 0.05) is 25.2 Å². The van der Waals surface area contributed by atoms with E-state index < -0.39 is 0 Å². The average Bonchev–Trinajstić information content (AvgIpc) is 2.56. The predicted molar refractivity (Wildman–Crippen MR) is 45.5 cm³/mol. The summed E-state index contributed by atoms with van der Waals surface area (Å²) in [4.78, 5) is 15.0. The highest BCUT2D eigenvalue weighted by molar-refractivity contribution is 5.78. The molecule has 0 aliphatic carbocycles. The van der Waals surface area contributed by atoms with Gasteiger partial charge in [-0.3, -0.25) is 9.36 Å². The molecule has 1 rings (SSSR count). The Kier molecular flexibility index (Phi) is 3.09. The van der Waals surface area contributed by atoms with Gasteiger partial charge in [0.1, 0.15) is 6.33 Å². The summed E-state index contributed by atoms with van der Waals surface area (Å²) >= 11 is 0. The van der Waals surface area contributed by atoms with Crippen molar-refractivity contribution in [1.82, 2.24) is 9.55 Å². The first-order chi connectivity index (χ1) is 5.84. The molecule has 0 saturated carbocycles. The minimum Gasteiger partial charge on any atom is -0.276 e. The largest absolute Gasteiger partial charge is 0.276 e. The molecular weight excluding hydrogens is 152 g/mol. The molecule has 12 heavy (non-hydrogen) atoms. The number of nitrogens with zero attached hydrogens (tertiary/aromatic N) is 2. The highest BCUT2D eigenvalue weighted by atomic mass is 16.2. The molecule has 0 saturated heterocycles. The molecular formula is C9H10N2O. The lowest BCUT2D eigenvalue weighted by atomic mass is 10.3. The Morgan fingerprint density at radius 1 is 1.67 bits per heavy atom. The molecule has 3 heteroatoms. The number of carbonyl (C=O) groups is 1. The maximum absolute atomic E-state index is 11.2. The van der Waals surface area contributed by atoms with Crippen molar-refractivity contribution in [2.24, 2.45) is 0 Å². The molecule has 0 fully saturated rings. The van der Waals surface area contributed by atoms with Crippen LogP contribution in [0.25, 0.3) is 0 Å². The summed E-state index contributed by atoms with van der Waals surface area (Å²) < 4.78 is 1.47. The van der Waals surface area contributed by atoms with Gasteiger partial charge in [0.05, 0.1) is 0 Å². The van der Waals surface area contributed by atoms with Gasteiger partial charge in [0.25, 0.3) is 0 Å². The highest BCUT2D eigenvalue weighted by Crippen LogP contribution is 1.94. The lowest BCUT2D eigenvalue weighted by Crippen LogP contribution is -2.06. The fourth-order valence-corrected chi connectivity index (χ4v) is 0.830. The smallest absolute Gasteiger partial charge is 0.232 e. The Morgan fingerprint density at radius 3 is 3.08 bits per heavy atom. The topological polar surface area (TPSA) is 34.9 Å². The second kappa shape index (κ2) is 4.35. The number of hydrogen-bond acceptors (Lipinski definition) is 2. The van der Waals surface area contributed by atoms with Crippen molar-refractivity contribution in [2.75, 3.05) is 0 Å². The normalized spacial score (nSPS) is 8.75. The molecule has 0 atom stereocenters. The van der Waals surface area contributed by atoms with Crippen molar-refractivity contribution in [2.45, 2.75) is 19.8 Å². The zero-order valence-electron chi connectivity index (χ0n) is 6.95. The van der Waals surface area contributed by atoms with Crippen LogP contribution in [0, 0.1) is 11.8 Å². The summed E-state index contributed by atoms with van der Waals surface area (Å²) in [5.41, 5.74) is 0. The third kappa shape index (κ3) is 2.24. The minimum absolute atomic E-state index is 0.0373. The fraction of sp³-hybridized carbons (Fsp3) is 0.333. The average molecular weight is 162 g/mol. The summed E-state index contributed by atoms with van der Waals surface area (Å²) in [7, 11) is 0. The Labute approximate surface area is 71.4 Å². The number of aromatic nitrogens is 2. The van der Waals surface area contributed by atoms with Crippen LogP contribution in [0.5, 0.6) is 0 Å². The Bertz CT molecular complexity index is 303. The SMILES string of the molecule is CC#CCCC(=O)n1ccnc1. The van der Waals surface area contributed by atoms with E-state index >= 15 is 0 Å². The van der Waals surface area contributed by atoms with Gasteiger partial charge in [-0.05, 0) is 6.92 Å². The van der Waals surface area contributed by atoms with E-state index in [4.69, 9.17) is 0 Å². The molecule has 62 valence electrons. The lowest BCUT2D eigenvalue weighted by Gasteiger charge is -1.95. The van der Waals surface area contributed by atoms with E-state index in [0.29, 0.717) is 12.8 Å². The van der Waals surface area contributed by atoms with Gasteiger partial charge >= 0.3 is 0 Å². The van der Waals surface area contributed by atoms with Gasteiger partial charge in [-0.2, -0.15) is 0 Å². The Hall–Kier alpha value is -1.56. The molecule has 0 aromatic carbocycles. The van der Waals surface area contributed by atoms with Crippen molar-refractivity contribution in [3.8, 4) is 11.8 Å². The number of hydrogen-bond donors (Lipinski definition) is 0. The van der Waals surface area contributed by atoms with E-state index in [-0.39, 0.29) is 5.91 Å². The van der Waals surface area contributed by atoms with Gasteiger partial charge in [-0.25, -0.2) is 4.98 Å². The molecule has 0 N–H and O–H groups in total. The van der Waals surface area contributed by atoms with Crippen LogP contribution < -0.4 is 0 Å². The number of rotatable bonds is 2. The van der Waals surface area contributed by atoms with E-state index in [1.165, 1.54) is 10.9 Å². The summed E-state index contributed by atoms with van der Waals surface area (Å²) in [6.07, 6.45) is 5.80. The quantitative estimate of drug-likeness (QED) is 0.615. The van der Waals surface area contributed by atoms with Crippen molar-refractivity contribution in [3.05, 3.63) is 18.7 Å². The third-order valence-corrected chi connectivity index (χ3v) is 1.43. The van der Waals surface area contributed by atoms with Crippen LogP contribution in [-0.2, 0) is 0 Å². The number of carbonyl (C=O) groups excluding carboxylic acids is 1. The maximum Gasteiger partial charge on any atom is 0.232 e. The first-order valence-corrected chi connectivity index (χ1v) is 3.75. The lowest BCUT2D eigenvalue weighted by molar-refractivity contribution is 0.0904. The van der Waals surface area contributed by atoms with Gasteiger partial charge in [-0.1, -0.05) is 0 Å². The van der Waals surface area contributed by atoms with E-state index in [1.807, 2.05) is 0 Å². The first kappa shape index (κ1) is 8.54. The molecule has 0 unspecified atom stereocenters. The molecule has 0 aliphatic rings. The summed E-state index contributed by atoms with van der Waals surface area (Å²) in [5, 5.41) is 0. The standard InChI is InChI=1S/C9H10N2O/c1-2-3-4-5-9(12)11-7-6-10-8-11/h6-8H,4-5H2,1H3. The van der Waals surface area contributed by atoms with Crippen molar-refractivity contribution in [1.29, 1.82) is 0 Å². The molecule has 3 nitrogen and oxygen atoms in total. The Morgan fingerprint density at radius 2 is 2.50 bits per heavy atom. The number of imidazole rings is 1. The second-order valence-corrected chi connectivity index (χ2v) is 2.29. The van der Waals surface area contributed by atoms with Crippen LogP contribution in [0.3, 0.4) is 0 Å². The van der Waals surface area contributed by atoms with E-state index in [2.05, 4.69) is 16.8 Å². The third-order valence-electron chi connectivity index (χ3n) is 1.43. The van der Waals surface area contributed by atoms with Crippen LogP contribution >= 0.6 is 0 Å². The van der Waals surface area contributed by atoms with Gasteiger partial charge in [0.2, 0.25) is 5.91 Å². The highest BCUT2D eigenvalue weighted by Gasteiger charge is 2.00. The van der Waals surface area contributed by atoms with Gasteiger partial charge in [-0.15, -0.1) is 11.8 Å². The van der Waals surface area contributed by atoms with E-state index in [9.17, 15) is 4.79 Å². The zero-order chi connectivity index (χ0) is 8.81. The molecule has 1 heterocycles. The molecule has 0 bridgehead atoms. The fourth-order valence-electron chi connectivity index (χ4n) is 0.830. The van der Waals surface area contributed by atoms with Gasteiger partial charge in [0.15, 0.2) is 0 Å². The van der Waals surface area contributed by atoms with E-state index in [1.54, 1.807) is 19.3 Å². The maximum atomic E-state index is 11.2. The molecule has 0 radical (unpaired) electrons.